The predicted molar refractivity (Wildman–Crippen MR) is 169 cm³/mol. The van der Waals surface area contributed by atoms with E-state index in [1.54, 1.807) is 4.40 Å². The van der Waals surface area contributed by atoms with Crippen molar-refractivity contribution in [1.29, 1.82) is 0 Å². The third-order valence-corrected chi connectivity index (χ3v) is 8.51. The quantitative estimate of drug-likeness (QED) is 0.153. The fourth-order valence-corrected chi connectivity index (χ4v) is 6.70. The van der Waals surface area contributed by atoms with E-state index in [9.17, 15) is 4.79 Å². The fraction of sp³-hybridized carbons (Fsp3) is 0. The molecule has 43 heavy (non-hydrogen) atoms. The molecule has 0 bridgehead atoms. The molecule has 1 aliphatic heterocycles. The summed E-state index contributed by atoms with van der Waals surface area (Å²) >= 11 is 0. The van der Waals surface area contributed by atoms with Crippen molar-refractivity contribution in [3.63, 3.8) is 0 Å². The van der Waals surface area contributed by atoms with Crippen LogP contribution in [0, 0.1) is 0 Å². The Balaban J connectivity index is 1.46. The van der Waals surface area contributed by atoms with E-state index in [1.807, 2.05) is 97.1 Å². The molecule has 0 amide bonds. The third kappa shape index (κ3) is 2.87. The van der Waals surface area contributed by atoms with Crippen LogP contribution in [0.4, 0.5) is 0 Å². The van der Waals surface area contributed by atoms with E-state index in [-0.39, 0.29) is 5.56 Å². The van der Waals surface area contributed by atoms with Crippen molar-refractivity contribution in [2.75, 3.05) is 0 Å². The molecule has 7 nitrogen and oxygen atoms in total. The van der Waals surface area contributed by atoms with Gasteiger partial charge in [-0.05, 0) is 42.5 Å². The van der Waals surface area contributed by atoms with E-state index in [2.05, 4.69) is 22.8 Å². The summed E-state index contributed by atoms with van der Waals surface area (Å²) in [6.45, 7) is 0. The van der Waals surface area contributed by atoms with Gasteiger partial charge in [-0.25, -0.2) is 15.0 Å². The number of ether oxygens (including phenoxy) is 1. The number of aromatic nitrogens is 5. The molecule has 0 fully saturated rings. The monoisotopic (exact) mass is 553 g/mol. The predicted octanol–water partition coefficient (Wildman–Crippen LogP) is 7.81. The smallest absolute Gasteiger partial charge is 0.266 e. The van der Waals surface area contributed by atoms with Gasteiger partial charge in [0.05, 0.1) is 44.0 Å². The van der Waals surface area contributed by atoms with Crippen LogP contribution in [0.1, 0.15) is 0 Å². The van der Waals surface area contributed by atoms with Crippen LogP contribution >= 0.6 is 0 Å². The lowest BCUT2D eigenvalue weighted by molar-refractivity contribution is 0.486. The molecule has 0 saturated heterocycles. The summed E-state index contributed by atoms with van der Waals surface area (Å²) in [5, 5.41) is 4.22. The van der Waals surface area contributed by atoms with Crippen molar-refractivity contribution in [3.8, 4) is 28.7 Å². The molecule has 10 rings (SSSR count). The zero-order valence-electron chi connectivity index (χ0n) is 22.5. The van der Waals surface area contributed by atoms with Crippen LogP contribution in [0.3, 0.4) is 0 Å². The SMILES string of the molecule is O=c1c2ccccc2nc2c3ccccc3c3c(c4ccccc4n3-c3nc4c5c(cccc5n3)Oc3ccccc3-4)n12. The average Bonchev–Trinajstić information content (AvgIpc) is 3.40. The highest BCUT2D eigenvalue weighted by Gasteiger charge is 2.26. The minimum absolute atomic E-state index is 0.107. The van der Waals surface area contributed by atoms with E-state index < -0.39 is 0 Å². The molecule has 0 radical (unpaired) electrons. The van der Waals surface area contributed by atoms with E-state index in [4.69, 9.17) is 19.7 Å². The highest BCUT2D eigenvalue weighted by Crippen LogP contribution is 2.46. The summed E-state index contributed by atoms with van der Waals surface area (Å²) in [7, 11) is 0. The summed E-state index contributed by atoms with van der Waals surface area (Å²) in [6.07, 6.45) is 0. The lowest BCUT2D eigenvalue weighted by Gasteiger charge is -2.21. The van der Waals surface area contributed by atoms with Crippen LogP contribution in [-0.4, -0.2) is 23.9 Å². The maximum absolute atomic E-state index is 14.3. The second-order valence-electron chi connectivity index (χ2n) is 10.8. The Labute approximate surface area is 242 Å². The first-order valence-corrected chi connectivity index (χ1v) is 14.1. The highest BCUT2D eigenvalue weighted by molar-refractivity contribution is 6.20. The van der Waals surface area contributed by atoms with E-state index in [1.165, 1.54) is 0 Å². The van der Waals surface area contributed by atoms with Crippen LogP contribution in [-0.2, 0) is 0 Å². The van der Waals surface area contributed by atoms with Crippen molar-refractivity contribution < 1.29 is 4.74 Å². The maximum Gasteiger partial charge on any atom is 0.266 e. The van der Waals surface area contributed by atoms with Gasteiger partial charge in [-0.15, -0.1) is 0 Å². The Bertz CT molecular complexity index is 2740. The molecule has 5 heterocycles. The molecule has 5 aromatic carbocycles. The lowest BCUT2D eigenvalue weighted by atomic mass is 10.0. The molecule has 0 spiro atoms. The number of nitrogens with zero attached hydrogens (tertiary/aromatic N) is 5. The molecule has 4 aromatic heterocycles. The number of fused-ring (bicyclic) bond motifs is 11. The summed E-state index contributed by atoms with van der Waals surface area (Å²) in [5.41, 5.74) is 6.25. The Morgan fingerprint density at radius 3 is 2.16 bits per heavy atom. The largest absolute Gasteiger partial charge is 0.456 e. The third-order valence-electron chi connectivity index (χ3n) is 8.51. The molecule has 9 aromatic rings. The highest BCUT2D eigenvalue weighted by atomic mass is 16.5. The first-order valence-electron chi connectivity index (χ1n) is 14.1. The van der Waals surface area contributed by atoms with E-state index in [0.717, 1.165) is 66.4 Å². The summed E-state index contributed by atoms with van der Waals surface area (Å²) in [6, 6.07) is 37.6. The van der Waals surface area contributed by atoms with Gasteiger partial charge in [-0.3, -0.25) is 13.8 Å². The zero-order valence-corrected chi connectivity index (χ0v) is 22.5. The van der Waals surface area contributed by atoms with Crippen LogP contribution < -0.4 is 10.3 Å². The Morgan fingerprint density at radius 1 is 0.558 bits per heavy atom. The minimum atomic E-state index is -0.107. The Hall–Kier alpha value is -6.08. The molecular formula is C36H19N5O2. The molecule has 0 N–H and O–H groups in total. The number of pyridine rings is 1. The van der Waals surface area contributed by atoms with Gasteiger partial charge in [0, 0.05) is 21.7 Å². The average molecular weight is 554 g/mol. The Kier molecular flexibility index (Phi) is 4.21. The van der Waals surface area contributed by atoms with Gasteiger partial charge in [0.1, 0.15) is 17.1 Å². The van der Waals surface area contributed by atoms with Crippen LogP contribution in [0.15, 0.2) is 120 Å². The molecule has 0 unspecified atom stereocenters. The van der Waals surface area contributed by atoms with Gasteiger partial charge in [0.2, 0.25) is 5.95 Å². The van der Waals surface area contributed by atoms with Gasteiger partial charge in [-0.2, -0.15) is 0 Å². The van der Waals surface area contributed by atoms with Gasteiger partial charge < -0.3 is 4.74 Å². The number of hydrogen-bond acceptors (Lipinski definition) is 5. The second-order valence-corrected chi connectivity index (χ2v) is 10.8. The van der Waals surface area contributed by atoms with Gasteiger partial charge in [0.25, 0.3) is 5.56 Å². The number of benzene rings is 5. The molecule has 0 atom stereocenters. The number of hydrogen-bond donors (Lipinski definition) is 0. The van der Waals surface area contributed by atoms with Crippen LogP contribution in [0.5, 0.6) is 11.5 Å². The molecule has 200 valence electrons. The lowest BCUT2D eigenvalue weighted by Crippen LogP contribution is -2.16. The topological polar surface area (TPSA) is 74.3 Å². The van der Waals surface area contributed by atoms with Gasteiger partial charge in [-0.1, -0.05) is 72.8 Å². The molecule has 7 heteroatoms. The normalized spacial score (nSPS) is 12.5. The van der Waals surface area contributed by atoms with E-state index >= 15 is 0 Å². The van der Waals surface area contributed by atoms with Crippen molar-refractivity contribution >= 4 is 60.2 Å². The standard InChI is InChI=1S/C36H19N5O2/c42-35-22-12-3-6-15-25(22)37-34-21-11-2-1-10-20(21)32-33(41(34)35)23-13-4-7-17-27(23)40(32)36-38-26-16-9-19-29-30(26)31(39-36)24-14-5-8-18-28(24)43-29/h1-19H. The maximum atomic E-state index is 14.3. The van der Waals surface area contributed by atoms with Crippen LogP contribution in [0.2, 0.25) is 0 Å². The summed E-state index contributed by atoms with van der Waals surface area (Å²) < 4.78 is 10.1. The van der Waals surface area contributed by atoms with Gasteiger partial charge >= 0.3 is 0 Å². The first-order chi connectivity index (χ1) is 21.3. The minimum Gasteiger partial charge on any atom is -0.456 e. The first kappa shape index (κ1) is 22.6. The van der Waals surface area contributed by atoms with Crippen molar-refractivity contribution in [1.82, 2.24) is 23.9 Å². The van der Waals surface area contributed by atoms with Gasteiger partial charge in [0.15, 0.2) is 0 Å². The fourth-order valence-electron chi connectivity index (χ4n) is 6.70. The second kappa shape index (κ2) is 8.02. The summed E-state index contributed by atoms with van der Waals surface area (Å²) in [5.74, 6) is 2.02. The Morgan fingerprint density at radius 2 is 1.26 bits per heavy atom. The molecule has 1 aliphatic rings. The van der Waals surface area contributed by atoms with Crippen molar-refractivity contribution in [3.05, 3.63) is 126 Å². The van der Waals surface area contributed by atoms with E-state index in [0.29, 0.717) is 22.5 Å². The molecule has 0 saturated carbocycles. The molecular weight excluding hydrogens is 534 g/mol. The van der Waals surface area contributed by atoms with Crippen molar-refractivity contribution in [2.45, 2.75) is 0 Å². The van der Waals surface area contributed by atoms with Crippen molar-refractivity contribution in [2.24, 2.45) is 0 Å². The van der Waals surface area contributed by atoms with Crippen LogP contribution in [0.25, 0.3) is 77.4 Å². The number of rotatable bonds is 1. The molecule has 0 aliphatic carbocycles. The number of para-hydroxylation sites is 3. The zero-order chi connectivity index (χ0) is 28.2. The summed E-state index contributed by atoms with van der Waals surface area (Å²) in [4.78, 5) is 29.7.